The Morgan fingerprint density at radius 3 is 2.07 bits per heavy atom. The number of rotatable bonds is 13. The molecule has 41 heavy (non-hydrogen) atoms. The molecule has 3 aromatic carbocycles. The molecule has 0 spiro atoms. The van der Waals surface area contributed by atoms with Gasteiger partial charge in [0.15, 0.2) is 0 Å². The van der Waals surface area contributed by atoms with Gasteiger partial charge in [-0.2, -0.15) is 0 Å². The maximum absolute atomic E-state index is 14.0. The van der Waals surface area contributed by atoms with Gasteiger partial charge in [0.2, 0.25) is 11.8 Å². The minimum atomic E-state index is -4.19. The fraction of sp³-hybridized carbons (Fsp3) is 0.333. The van der Waals surface area contributed by atoms with Crippen LogP contribution in [0.2, 0.25) is 10.0 Å². The first-order valence-electron chi connectivity index (χ1n) is 13.3. The molecule has 0 saturated heterocycles. The van der Waals surface area contributed by atoms with Gasteiger partial charge in [0, 0.05) is 28.7 Å². The normalized spacial score (nSPS) is 12.1. The highest BCUT2D eigenvalue weighted by molar-refractivity contribution is 7.92. The Hall–Kier alpha value is -3.27. The van der Waals surface area contributed by atoms with E-state index in [9.17, 15) is 18.0 Å². The Morgan fingerprint density at radius 1 is 0.902 bits per heavy atom. The maximum atomic E-state index is 14.0. The number of sulfonamides is 1. The summed E-state index contributed by atoms with van der Waals surface area (Å²) in [6.45, 7) is 7.53. The molecule has 8 nitrogen and oxygen atoms in total. The van der Waals surface area contributed by atoms with Gasteiger partial charge in [0.05, 0.1) is 17.2 Å². The standard InChI is InChI=1S/C30H35Cl2N3O5S/c1-5-40-24-14-16-25(17-15-24)41(38,39)35(23-10-7-6-8-11-23)20-29(36)34(22(4)30(37)33-18-21(2)3)19-26-27(31)12-9-13-28(26)32/h6-17,21-22H,5,18-20H2,1-4H3,(H,33,37)/t22-/m0/s1. The number of halogens is 2. The topological polar surface area (TPSA) is 96.0 Å². The Morgan fingerprint density at radius 2 is 1.51 bits per heavy atom. The van der Waals surface area contributed by atoms with Gasteiger partial charge in [0.25, 0.3) is 10.0 Å². The molecule has 0 heterocycles. The number of hydrogen-bond acceptors (Lipinski definition) is 5. The number of amides is 2. The Bertz CT molecular complexity index is 1410. The molecule has 0 aromatic heterocycles. The maximum Gasteiger partial charge on any atom is 0.264 e. The van der Waals surface area contributed by atoms with Gasteiger partial charge in [-0.25, -0.2) is 8.42 Å². The summed E-state index contributed by atoms with van der Waals surface area (Å²) in [4.78, 5) is 28.4. The van der Waals surface area contributed by atoms with Crippen LogP contribution >= 0.6 is 23.2 Å². The highest BCUT2D eigenvalue weighted by Crippen LogP contribution is 2.28. The quantitative estimate of drug-likeness (QED) is 0.262. The Labute approximate surface area is 252 Å². The van der Waals surface area contributed by atoms with E-state index in [1.165, 1.54) is 17.0 Å². The lowest BCUT2D eigenvalue weighted by atomic mass is 10.1. The molecule has 3 rings (SSSR count). The predicted molar refractivity (Wildman–Crippen MR) is 163 cm³/mol. The first-order chi connectivity index (χ1) is 19.4. The molecule has 1 N–H and O–H groups in total. The molecule has 0 bridgehead atoms. The van der Waals surface area contributed by atoms with Gasteiger partial charge in [-0.05, 0) is 68.3 Å². The van der Waals surface area contributed by atoms with E-state index >= 15 is 0 Å². The molecular weight excluding hydrogens is 585 g/mol. The molecule has 2 amide bonds. The van der Waals surface area contributed by atoms with Crippen molar-refractivity contribution in [2.24, 2.45) is 5.92 Å². The van der Waals surface area contributed by atoms with Crippen molar-refractivity contribution >= 4 is 50.7 Å². The largest absolute Gasteiger partial charge is 0.494 e. The zero-order valence-corrected chi connectivity index (χ0v) is 25.8. The summed E-state index contributed by atoms with van der Waals surface area (Å²) in [5.41, 5.74) is 0.746. The van der Waals surface area contributed by atoms with Crippen LogP contribution in [-0.4, -0.2) is 50.9 Å². The van der Waals surface area contributed by atoms with E-state index in [1.807, 2.05) is 20.8 Å². The molecule has 0 fully saturated rings. The molecule has 11 heteroatoms. The lowest BCUT2D eigenvalue weighted by Gasteiger charge is -2.32. The average molecular weight is 621 g/mol. The third-order valence-electron chi connectivity index (χ3n) is 6.29. The molecule has 0 saturated carbocycles. The second kappa shape index (κ2) is 14.6. The number of para-hydroxylation sites is 1. The van der Waals surface area contributed by atoms with E-state index in [0.29, 0.717) is 40.2 Å². The lowest BCUT2D eigenvalue weighted by Crippen LogP contribution is -2.51. The molecule has 0 unspecified atom stereocenters. The molecule has 0 aliphatic carbocycles. The first kappa shape index (κ1) is 32.2. The fourth-order valence-corrected chi connectivity index (χ4v) is 5.94. The van der Waals surface area contributed by atoms with E-state index in [4.69, 9.17) is 27.9 Å². The van der Waals surface area contributed by atoms with E-state index in [0.717, 1.165) is 4.31 Å². The fourth-order valence-electron chi connectivity index (χ4n) is 4.01. The molecule has 1 atom stereocenters. The number of benzene rings is 3. The highest BCUT2D eigenvalue weighted by Gasteiger charge is 2.33. The molecule has 220 valence electrons. The molecule has 0 aliphatic heterocycles. The number of anilines is 1. The van der Waals surface area contributed by atoms with Crippen LogP contribution in [0, 0.1) is 5.92 Å². The van der Waals surface area contributed by atoms with Crippen molar-refractivity contribution in [3.8, 4) is 5.75 Å². The lowest BCUT2D eigenvalue weighted by molar-refractivity contribution is -0.139. The second-order valence-corrected chi connectivity index (χ2v) is 12.5. The zero-order chi connectivity index (χ0) is 30.2. The molecule has 0 radical (unpaired) electrons. The minimum absolute atomic E-state index is 0.0129. The summed E-state index contributed by atoms with van der Waals surface area (Å²) in [5.74, 6) is -0.263. The first-order valence-corrected chi connectivity index (χ1v) is 15.5. The van der Waals surface area contributed by atoms with Crippen LogP contribution in [-0.2, 0) is 26.2 Å². The van der Waals surface area contributed by atoms with Crippen LogP contribution < -0.4 is 14.4 Å². The summed E-state index contributed by atoms with van der Waals surface area (Å²) >= 11 is 12.8. The SMILES string of the molecule is CCOc1ccc(S(=O)(=O)N(CC(=O)N(Cc2c(Cl)cccc2Cl)[C@@H](C)C(=O)NCC(C)C)c2ccccc2)cc1. The van der Waals surface area contributed by atoms with Crippen LogP contribution in [0.1, 0.15) is 33.3 Å². The van der Waals surface area contributed by atoms with E-state index in [1.54, 1.807) is 67.6 Å². The van der Waals surface area contributed by atoms with E-state index < -0.39 is 28.5 Å². The smallest absolute Gasteiger partial charge is 0.264 e. The summed E-state index contributed by atoms with van der Waals surface area (Å²) in [5, 5.41) is 3.50. The molecular formula is C30H35Cl2N3O5S. The number of nitrogens with one attached hydrogen (secondary N) is 1. The van der Waals surface area contributed by atoms with Gasteiger partial charge in [0.1, 0.15) is 18.3 Å². The van der Waals surface area contributed by atoms with E-state index in [2.05, 4.69) is 5.32 Å². The van der Waals surface area contributed by atoms with Gasteiger partial charge in [-0.15, -0.1) is 0 Å². The van der Waals surface area contributed by atoms with Crippen molar-refractivity contribution in [3.05, 3.63) is 88.4 Å². The third kappa shape index (κ3) is 8.38. The van der Waals surface area contributed by atoms with Gasteiger partial charge >= 0.3 is 0 Å². The summed E-state index contributed by atoms with van der Waals surface area (Å²) in [7, 11) is -4.19. The number of carbonyl (C=O) groups is 2. The van der Waals surface area contributed by atoms with Crippen molar-refractivity contribution in [2.45, 2.75) is 45.2 Å². The van der Waals surface area contributed by atoms with Gasteiger partial charge in [-0.3, -0.25) is 13.9 Å². The monoisotopic (exact) mass is 619 g/mol. The Balaban J connectivity index is 2.02. The molecule has 3 aromatic rings. The highest BCUT2D eigenvalue weighted by atomic mass is 35.5. The van der Waals surface area contributed by atoms with Crippen molar-refractivity contribution in [1.29, 1.82) is 0 Å². The summed E-state index contributed by atoms with van der Waals surface area (Å²) in [6, 6.07) is 18.3. The van der Waals surface area contributed by atoms with Crippen molar-refractivity contribution in [2.75, 3.05) is 24.0 Å². The Kier molecular flexibility index (Phi) is 11.5. The van der Waals surface area contributed by atoms with Crippen LogP contribution in [0.3, 0.4) is 0 Å². The van der Waals surface area contributed by atoms with Crippen molar-refractivity contribution in [3.63, 3.8) is 0 Å². The average Bonchev–Trinajstić information content (AvgIpc) is 2.95. The molecule has 0 aliphatic rings. The van der Waals surface area contributed by atoms with Crippen LogP contribution in [0.4, 0.5) is 5.69 Å². The van der Waals surface area contributed by atoms with Crippen LogP contribution in [0.25, 0.3) is 0 Å². The number of hydrogen-bond donors (Lipinski definition) is 1. The van der Waals surface area contributed by atoms with Crippen molar-refractivity contribution < 1.29 is 22.7 Å². The summed E-state index contributed by atoms with van der Waals surface area (Å²) < 4.78 is 34.3. The van der Waals surface area contributed by atoms with Gasteiger partial charge < -0.3 is 15.0 Å². The van der Waals surface area contributed by atoms with Crippen LogP contribution in [0.15, 0.2) is 77.7 Å². The zero-order valence-electron chi connectivity index (χ0n) is 23.5. The van der Waals surface area contributed by atoms with Crippen molar-refractivity contribution in [1.82, 2.24) is 10.2 Å². The second-order valence-electron chi connectivity index (χ2n) is 9.79. The number of ether oxygens (including phenoxy) is 1. The number of nitrogens with zero attached hydrogens (tertiary/aromatic N) is 2. The third-order valence-corrected chi connectivity index (χ3v) is 8.78. The summed E-state index contributed by atoms with van der Waals surface area (Å²) in [6.07, 6.45) is 0. The predicted octanol–water partition coefficient (Wildman–Crippen LogP) is 5.78. The number of carbonyl (C=O) groups excluding carboxylic acids is 2. The van der Waals surface area contributed by atoms with Gasteiger partial charge in [-0.1, -0.05) is 61.3 Å². The van der Waals surface area contributed by atoms with E-state index in [-0.39, 0.29) is 23.3 Å². The van der Waals surface area contributed by atoms with Crippen LogP contribution in [0.5, 0.6) is 5.75 Å². The minimum Gasteiger partial charge on any atom is -0.494 e.